The molecule has 0 atom stereocenters. The third kappa shape index (κ3) is 8.70. The van der Waals surface area contributed by atoms with Gasteiger partial charge in [0.15, 0.2) is 0 Å². The summed E-state index contributed by atoms with van der Waals surface area (Å²) in [7, 11) is -3.23. The number of carbonyl (C=O) groups is 2. The number of carboxylic acids is 1. The molecule has 0 saturated heterocycles. The Morgan fingerprint density at radius 1 is 1.20 bits per heavy atom. The first-order valence-electron chi connectivity index (χ1n) is 6.15. The van der Waals surface area contributed by atoms with E-state index in [0.717, 1.165) is 6.26 Å². The number of aliphatic carboxylic acids is 1. The lowest BCUT2D eigenvalue weighted by atomic mass is 10.1. The average Bonchev–Trinajstić information content (AvgIpc) is 2.21. The second kappa shape index (κ2) is 7.44. The Morgan fingerprint density at radius 2 is 1.75 bits per heavy atom. The standard InChI is InChI=1S/C11H23N3O5S/c1-11(2,3)14(8-9(15)16)10(17)12-6-5-7-13-20(4,18)19/h13H,5-8H2,1-4H3,(H,12,17)(H,15,16). The van der Waals surface area contributed by atoms with E-state index in [9.17, 15) is 18.0 Å². The molecule has 3 N–H and O–H groups in total. The fraction of sp³-hybridized carbons (Fsp3) is 0.818. The number of rotatable bonds is 7. The fourth-order valence-electron chi connectivity index (χ4n) is 1.39. The Labute approximate surface area is 119 Å². The van der Waals surface area contributed by atoms with Crippen LogP contribution in [0.15, 0.2) is 0 Å². The molecule has 20 heavy (non-hydrogen) atoms. The molecule has 0 rings (SSSR count). The number of hydrogen-bond acceptors (Lipinski definition) is 4. The van der Waals surface area contributed by atoms with Gasteiger partial charge in [0, 0.05) is 18.6 Å². The van der Waals surface area contributed by atoms with Gasteiger partial charge in [-0.2, -0.15) is 0 Å². The van der Waals surface area contributed by atoms with Crippen LogP contribution in [-0.4, -0.2) is 61.9 Å². The number of nitrogens with one attached hydrogen (secondary N) is 2. The number of carboxylic acid groups (broad SMARTS) is 1. The van der Waals surface area contributed by atoms with Crippen molar-refractivity contribution in [2.24, 2.45) is 0 Å². The molecule has 0 radical (unpaired) electrons. The van der Waals surface area contributed by atoms with Crippen molar-refractivity contribution in [1.29, 1.82) is 0 Å². The highest BCUT2D eigenvalue weighted by Gasteiger charge is 2.28. The molecule has 2 amide bonds. The molecule has 0 fully saturated rings. The van der Waals surface area contributed by atoms with Gasteiger partial charge in [-0.1, -0.05) is 0 Å². The summed E-state index contributed by atoms with van der Waals surface area (Å²) >= 11 is 0. The Kier molecular flexibility index (Phi) is 6.94. The maximum absolute atomic E-state index is 11.9. The Bertz CT molecular complexity index is 441. The van der Waals surface area contributed by atoms with E-state index in [1.54, 1.807) is 20.8 Å². The highest BCUT2D eigenvalue weighted by molar-refractivity contribution is 7.88. The number of nitrogens with zero attached hydrogens (tertiary/aromatic N) is 1. The van der Waals surface area contributed by atoms with Crippen LogP contribution in [0.5, 0.6) is 0 Å². The molecule has 0 unspecified atom stereocenters. The summed E-state index contributed by atoms with van der Waals surface area (Å²) in [4.78, 5) is 23.9. The SMILES string of the molecule is CC(C)(C)N(CC(=O)O)C(=O)NCCCNS(C)(=O)=O. The number of hydrogen-bond donors (Lipinski definition) is 3. The van der Waals surface area contributed by atoms with Crippen molar-refractivity contribution in [2.75, 3.05) is 25.9 Å². The third-order valence-electron chi connectivity index (χ3n) is 2.34. The minimum absolute atomic E-state index is 0.216. The molecule has 0 aromatic carbocycles. The zero-order valence-corrected chi connectivity index (χ0v) is 13.1. The summed E-state index contributed by atoms with van der Waals surface area (Å²) in [6.45, 7) is 5.29. The highest BCUT2D eigenvalue weighted by Crippen LogP contribution is 2.12. The Balaban J connectivity index is 4.25. The van der Waals surface area contributed by atoms with Crippen LogP contribution in [0.25, 0.3) is 0 Å². The fourth-order valence-corrected chi connectivity index (χ4v) is 1.90. The zero-order chi connectivity index (χ0) is 16.0. The number of urea groups is 1. The van der Waals surface area contributed by atoms with Crippen molar-refractivity contribution in [1.82, 2.24) is 14.9 Å². The van der Waals surface area contributed by atoms with Crippen molar-refractivity contribution in [3.05, 3.63) is 0 Å². The normalized spacial score (nSPS) is 12.0. The van der Waals surface area contributed by atoms with E-state index in [2.05, 4.69) is 10.0 Å². The van der Waals surface area contributed by atoms with Gasteiger partial charge in [0.1, 0.15) is 6.54 Å². The van der Waals surface area contributed by atoms with E-state index in [1.807, 2.05) is 0 Å². The van der Waals surface area contributed by atoms with E-state index >= 15 is 0 Å². The topological polar surface area (TPSA) is 116 Å². The minimum atomic E-state index is -3.23. The molecule has 0 heterocycles. The Morgan fingerprint density at radius 3 is 2.15 bits per heavy atom. The highest BCUT2D eigenvalue weighted by atomic mass is 32.2. The van der Waals surface area contributed by atoms with Crippen LogP contribution in [0.2, 0.25) is 0 Å². The lowest BCUT2D eigenvalue weighted by Crippen LogP contribution is -2.52. The van der Waals surface area contributed by atoms with Crippen molar-refractivity contribution in [3.63, 3.8) is 0 Å². The van der Waals surface area contributed by atoms with E-state index in [4.69, 9.17) is 5.11 Å². The lowest BCUT2D eigenvalue weighted by Gasteiger charge is -2.34. The summed E-state index contributed by atoms with van der Waals surface area (Å²) < 4.78 is 23.9. The van der Waals surface area contributed by atoms with Gasteiger partial charge in [-0.25, -0.2) is 17.9 Å². The molecule has 8 nitrogen and oxygen atoms in total. The lowest BCUT2D eigenvalue weighted by molar-refractivity contribution is -0.138. The Hall–Kier alpha value is -1.35. The second-order valence-electron chi connectivity index (χ2n) is 5.40. The molecule has 0 bridgehead atoms. The first-order chi connectivity index (χ1) is 8.93. The van der Waals surface area contributed by atoms with Gasteiger partial charge in [0.2, 0.25) is 10.0 Å². The molecule has 0 aliphatic heterocycles. The molecule has 118 valence electrons. The van der Waals surface area contributed by atoms with Gasteiger partial charge in [0.25, 0.3) is 0 Å². The quantitative estimate of drug-likeness (QED) is 0.564. The zero-order valence-electron chi connectivity index (χ0n) is 12.3. The summed E-state index contributed by atoms with van der Waals surface area (Å²) in [6, 6.07) is -0.487. The van der Waals surface area contributed by atoms with Gasteiger partial charge in [-0.15, -0.1) is 0 Å². The van der Waals surface area contributed by atoms with Crippen LogP contribution in [0.3, 0.4) is 0 Å². The van der Waals surface area contributed by atoms with E-state index in [-0.39, 0.29) is 13.1 Å². The van der Waals surface area contributed by atoms with Crippen molar-refractivity contribution >= 4 is 22.0 Å². The molecule has 0 aliphatic rings. The van der Waals surface area contributed by atoms with E-state index in [0.29, 0.717) is 6.42 Å². The second-order valence-corrected chi connectivity index (χ2v) is 7.24. The van der Waals surface area contributed by atoms with Crippen LogP contribution in [0.4, 0.5) is 4.79 Å². The van der Waals surface area contributed by atoms with E-state index < -0.39 is 34.1 Å². The number of carbonyl (C=O) groups excluding carboxylic acids is 1. The summed E-state index contributed by atoms with van der Waals surface area (Å²) in [6.07, 6.45) is 1.48. The first-order valence-corrected chi connectivity index (χ1v) is 8.04. The predicted octanol–water partition coefficient (Wildman–Crippen LogP) is -0.180. The van der Waals surface area contributed by atoms with Crippen molar-refractivity contribution in [3.8, 4) is 0 Å². The van der Waals surface area contributed by atoms with Gasteiger partial charge in [0.05, 0.1) is 6.26 Å². The predicted molar refractivity (Wildman–Crippen MR) is 75.0 cm³/mol. The largest absolute Gasteiger partial charge is 0.480 e. The van der Waals surface area contributed by atoms with Crippen molar-refractivity contribution < 1.29 is 23.1 Å². The van der Waals surface area contributed by atoms with Gasteiger partial charge in [-0.05, 0) is 27.2 Å². The van der Waals surface area contributed by atoms with Crippen molar-refractivity contribution in [2.45, 2.75) is 32.7 Å². The smallest absolute Gasteiger partial charge is 0.323 e. The molecule has 9 heteroatoms. The van der Waals surface area contributed by atoms with Crippen LogP contribution < -0.4 is 10.0 Å². The van der Waals surface area contributed by atoms with Crippen LogP contribution in [-0.2, 0) is 14.8 Å². The molecule has 0 aromatic heterocycles. The molecule has 0 spiro atoms. The minimum Gasteiger partial charge on any atom is -0.480 e. The maximum Gasteiger partial charge on any atom is 0.323 e. The molecular weight excluding hydrogens is 286 g/mol. The third-order valence-corrected chi connectivity index (χ3v) is 3.07. The number of sulfonamides is 1. The van der Waals surface area contributed by atoms with Gasteiger partial charge < -0.3 is 15.3 Å². The van der Waals surface area contributed by atoms with Gasteiger partial charge in [-0.3, -0.25) is 4.79 Å². The van der Waals surface area contributed by atoms with Crippen LogP contribution in [0, 0.1) is 0 Å². The molecule has 0 aliphatic carbocycles. The van der Waals surface area contributed by atoms with Gasteiger partial charge >= 0.3 is 12.0 Å². The maximum atomic E-state index is 11.9. The molecule has 0 aromatic rings. The van der Waals surface area contributed by atoms with Crippen LogP contribution >= 0.6 is 0 Å². The molecular formula is C11H23N3O5S. The monoisotopic (exact) mass is 309 g/mol. The van der Waals surface area contributed by atoms with Crippen LogP contribution in [0.1, 0.15) is 27.2 Å². The summed E-state index contributed by atoms with van der Waals surface area (Å²) in [5.74, 6) is -1.09. The number of amides is 2. The molecule has 0 saturated carbocycles. The first kappa shape index (κ1) is 18.7. The summed E-state index contributed by atoms with van der Waals surface area (Å²) in [5, 5.41) is 11.4. The average molecular weight is 309 g/mol. The summed E-state index contributed by atoms with van der Waals surface area (Å²) in [5.41, 5.74) is -0.618. The van der Waals surface area contributed by atoms with E-state index in [1.165, 1.54) is 4.90 Å².